The van der Waals surface area contributed by atoms with E-state index in [-0.39, 0.29) is 16.4 Å². The maximum absolute atomic E-state index is 12.4. The highest BCUT2D eigenvalue weighted by Gasteiger charge is 2.24. The van der Waals surface area contributed by atoms with E-state index in [1.807, 2.05) is 0 Å². The number of rotatable bonds is 4. The average Bonchev–Trinajstić information content (AvgIpc) is 2.91. The van der Waals surface area contributed by atoms with E-state index in [9.17, 15) is 13.2 Å². The average molecular weight is 318 g/mol. The van der Waals surface area contributed by atoms with Gasteiger partial charge >= 0.3 is 0 Å². The summed E-state index contributed by atoms with van der Waals surface area (Å²) in [5.74, 6) is 0.168. The maximum Gasteiger partial charge on any atom is 0.261 e. The van der Waals surface area contributed by atoms with Crippen molar-refractivity contribution in [3.63, 3.8) is 0 Å². The lowest BCUT2D eigenvalue weighted by Crippen LogP contribution is -2.28. The summed E-state index contributed by atoms with van der Waals surface area (Å²) in [5, 5.41) is 0. The van der Waals surface area contributed by atoms with Crippen LogP contribution in [0.4, 0.5) is 0 Å². The third-order valence-electron chi connectivity index (χ3n) is 3.16. The van der Waals surface area contributed by atoms with Crippen LogP contribution in [0.2, 0.25) is 0 Å². The second-order valence-corrected chi connectivity index (χ2v) is 7.09. The molecule has 0 aromatic heterocycles. The number of carbonyl (C=O) groups is 1. The van der Waals surface area contributed by atoms with Crippen molar-refractivity contribution in [3.8, 4) is 5.75 Å². The highest BCUT2D eigenvalue weighted by Crippen LogP contribution is 2.27. The minimum absolute atomic E-state index is 0.0924. The van der Waals surface area contributed by atoms with Gasteiger partial charge < -0.3 is 9.64 Å². The maximum atomic E-state index is 12.4. The first-order chi connectivity index (χ1) is 9.43. The van der Waals surface area contributed by atoms with E-state index in [0.717, 1.165) is 12.8 Å². The molecular formula is C13H16ClNO4S. The lowest BCUT2D eigenvalue weighted by atomic mass is 10.1. The topological polar surface area (TPSA) is 63.7 Å². The van der Waals surface area contributed by atoms with Crippen molar-refractivity contribution in [2.24, 2.45) is 0 Å². The van der Waals surface area contributed by atoms with Gasteiger partial charge in [0.15, 0.2) is 0 Å². The minimum atomic E-state index is -3.87. The van der Waals surface area contributed by atoms with E-state index in [2.05, 4.69) is 0 Å². The van der Waals surface area contributed by atoms with Crippen LogP contribution < -0.4 is 4.74 Å². The van der Waals surface area contributed by atoms with Crippen LogP contribution in [0.5, 0.6) is 5.75 Å². The molecular weight excluding hydrogens is 302 g/mol. The number of carbonyl (C=O) groups excluding carboxylic acids is 1. The molecule has 1 aromatic rings. The number of amides is 1. The van der Waals surface area contributed by atoms with Crippen LogP contribution in [0.15, 0.2) is 23.1 Å². The van der Waals surface area contributed by atoms with Crippen LogP contribution in [-0.4, -0.2) is 38.9 Å². The molecule has 1 aliphatic rings. The highest BCUT2D eigenvalue weighted by molar-refractivity contribution is 8.13. The third-order valence-corrected chi connectivity index (χ3v) is 4.51. The first-order valence-electron chi connectivity index (χ1n) is 6.44. The van der Waals surface area contributed by atoms with Crippen molar-refractivity contribution < 1.29 is 17.9 Å². The van der Waals surface area contributed by atoms with Gasteiger partial charge in [0.25, 0.3) is 15.0 Å². The van der Waals surface area contributed by atoms with Gasteiger partial charge in [-0.2, -0.15) is 0 Å². The van der Waals surface area contributed by atoms with E-state index in [1.165, 1.54) is 18.2 Å². The Balaban J connectivity index is 2.43. The molecule has 7 heteroatoms. The van der Waals surface area contributed by atoms with Crippen LogP contribution in [0, 0.1) is 0 Å². The summed E-state index contributed by atoms with van der Waals surface area (Å²) in [5.41, 5.74) is 0.246. The van der Waals surface area contributed by atoms with Gasteiger partial charge in [-0.25, -0.2) is 8.42 Å². The van der Waals surface area contributed by atoms with Gasteiger partial charge in [0, 0.05) is 23.8 Å². The summed E-state index contributed by atoms with van der Waals surface area (Å²) in [7, 11) is 1.46. The zero-order chi connectivity index (χ0) is 14.8. The fraction of sp³-hybridized carbons (Fsp3) is 0.462. The van der Waals surface area contributed by atoms with E-state index in [4.69, 9.17) is 15.4 Å². The number of hydrogen-bond acceptors (Lipinski definition) is 4. The Labute approximate surface area is 122 Å². The van der Waals surface area contributed by atoms with Gasteiger partial charge in [-0.05, 0) is 38.0 Å². The Morgan fingerprint density at radius 2 is 2.00 bits per heavy atom. The molecule has 110 valence electrons. The molecule has 0 aliphatic carbocycles. The van der Waals surface area contributed by atoms with Crippen molar-refractivity contribution in [1.82, 2.24) is 4.90 Å². The van der Waals surface area contributed by atoms with Crippen molar-refractivity contribution in [3.05, 3.63) is 23.8 Å². The normalized spacial score (nSPS) is 15.4. The van der Waals surface area contributed by atoms with Crippen LogP contribution in [-0.2, 0) is 9.05 Å². The zero-order valence-electron chi connectivity index (χ0n) is 11.1. The fourth-order valence-electron chi connectivity index (χ4n) is 2.20. The first-order valence-corrected chi connectivity index (χ1v) is 8.75. The second-order valence-electron chi connectivity index (χ2n) is 4.53. The van der Waals surface area contributed by atoms with Gasteiger partial charge in [0.1, 0.15) is 5.75 Å². The molecule has 1 aliphatic heterocycles. The molecule has 5 nitrogen and oxygen atoms in total. The van der Waals surface area contributed by atoms with E-state index >= 15 is 0 Å². The molecule has 0 spiro atoms. The Morgan fingerprint density at radius 1 is 1.35 bits per heavy atom. The summed E-state index contributed by atoms with van der Waals surface area (Å²) in [4.78, 5) is 14.0. The Bertz CT molecular complexity index is 609. The zero-order valence-corrected chi connectivity index (χ0v) is 12.7. The number of ether oxygens (including phenoxy) is 1. The summed E-state index contributed by atoms with van der Waals surface area (Å²) >= 11 is 0. The van der Waals surface area contributed by atoms with Gasteiger partial charge in [-0.3, -0.25) is 4.79 Å². The van der Waals surface area contributed by atoms with Crippen LogP contribution in [0.1, 0.15) is 30.1 Å². The number of halogens is 1. The van der Waals surface area contributed by atoms with Gasteiger partial charge in [0.2, 0.25) is 0 Å². The summed E-state index contributed by atoms with van der Waals surface area (Å²) < 4.78 is 28.2. The molecule has 0 atom stereocenters. The molecule has 2 rings (SSSR count). The molecule has 0 saturated carbocycles. The molecule has 0 unspecified atom stereocenters. The second kappa shape index (κ2) is 6.01. The molecule has 0 radical (unpaired) electrons. The Kier molecular flexibility index (Phi) is 4.55. The first kappa shape index (κ1) is 15.1. The molecule has 0 bridgehead atoms. The largest absolute Gasteiger partial charge is 0.493 e. The molecule has 0 N–H and O–H groups in total. The summed E-state index contributed by atoms with van der Waals surface area (Å²) in [6, 6.07) is 4.10. The summed E-state index contributed by atoms with van der Waals surface area (Å²) in [6.45, 7) is 3.56. The predicted octanol–water partition coefficient (Wildman–Crippen LogP) is 2.25. The van der Waals surface area contributed by atoms with Gasteiger partial charge in [0.05, 0.1) is 17.1 Å². The molecule has 1 heterocycles. The van der Waals surface area contributed by atoms with E-state index in [0.29, 0.717) is 25.4 Å². The van der Waals surface area contributed by atoms with Crippen molar-refractivity contribution in [1.29, 1.82) is 0 Å². The lowest BCUT2D eigenvalue weighted by Gasteiger charge is -2.18. The number of hydrogen-bond donors (Lipinski definition) is 0. The molecule has 1 fully saturated rings. The minimum Gasteiger partial charge on any atom is -0.493 e. The SMILES string of the molecule is CCOc1ccc(S(=O)(=O)Cl)cc1C(=O)N1CCCC1. The monoisotopic (exact) mass is 317 g/mol. The highest BCUT2D eigenvalue weighted by atomic mass is 35.7. The van der Waals surface area contributed by atoms with Crippen LogP contribution in [0.25, 0.3) is 0 Å². The fourth-order valence-corrected chi connectivity index (χ4v) is 2.98. The molecule has 1 amide bonds. The van der Waals surface area contributed by atoms with Gasteiger partial charge in [-0.15, -0.1) is 0 Å². The standard InChI is InChI=1S/C13H16ClNO4S/c1-2-19-12-6-5-10(20(14,17)18)9-11(12)13(16)15-7-3-4-8-15/h5-6,9H,2-4,7-8H2,1H3. The van der Waals surface area contributed by atoms with Crippen LogP contribution in [0.3, 0.4) is 0 Å². The summed E-state index contributed by atoms with van der Waals surface area (Å²) in [6.07, 6.45) is 1.92. The Hall–Kier alpha value is -1.27. The van der Waals surface area contributed by atoms with Crippen molar-refractivity contribution in [2.75, 3.05) is 19.7 Å². The number of nitrogens with zero attached hydrogens (tertiary/aromatic N) is 1. The molecule has 1 saturated heterocycles. The number of benzene rings is 1. The van der Waals surface area contributed by atoms with Crippen molar-refractivity contribution in [2.45, 2.75) is 24.7 Å². The van der Waals surface area contributed by atoms with E-state index < -0.39 is 9.05 Å². The predicted molar refractivity (Wildman–Crippen MR) is 75.8 cm³/mol. The Morgan fingerprint density at radius 3 is 2.55 bits per heavy atom. The van der Waals surface area contributed by atoms with Crippen molar-refractivity contribution >= 4 is 25.6 Å². The lowest BCUT2D eigenvalue weighted by molar-refractivity contribution is 0.0788. The number of likely N-dealkylation sites (tertiary alicyclic amines) is 1. The third kappa shape index (κ3) is 3.24. The van der Waals surface area contributed by atoms with Gasteiger partial charge in [-0.1, -0.05) is 0 Å². The van der Waals surface area contributed by atoms with E-state index in [1.54, 1.807) is 11.8 Å². The molecule has 1 aromatic carbocycles. The molecule has 20 heavy (non-hydrogen) atoms. The van der Waals surface area contributed by atoms with Crippen LogP contribution >= 0.6 is 10.7 Å². The smallest absolute Gasteiger partial charge is 0.261 e. The quantitative estimate of drug-likeness (QED) is 0.799.